The van der Waals surface area contributed by atoms with Gasteiger partial charge in [-0.2, -0.15) is 5.26 Å². The van der Waals surface area contributed by atoms with Crippen LogP contribution in [0, 0.1) is 14.9 Å². The first-order chi connectivity index (χ1) is 6.61. The van der Waals surface area contributed by atoms with Gasteiger partial charge in [0.2, 0.25) is 5.88 Å². The Morgan fingerprint density at radius 1 is 1.64 bits per heavy atom. The number of alkyl halides is 2. The minimum absolute atomic E-state index is 0.0764. The third-order valence-corrected chi connectivity index (χ3v) is 2.37. The molecule has 1 aromatic heterocycles. The molecule has 1 rings (SSSR count). The van der Waals surface area contributed by atoms with Crippen LogP contribution < -0.4 is 4.74 Å². The quantitative estimate of drug-likeness (QED) is 0.789. The van der Waals surface area contributed by atoms with Gasteiger partial charge >= 0.3 is 0 Å². The Morgan fingerprint density at radius 3 is 2.71 bits per heavy atom. The van der Waals surface area contributed by atoms with Crippen LogP contribution in [-0.4, -0.2) is 12.1 Å². The molecule has 0 aromatic carbocycles. The highest BCUT2D eigenvalue weighted by Gasteiger charge is 2.22. The van der Waals surface area contributed by atoms with Crippen molar-refractivity contribution in [3.63, 3.8) is 0 Å². The molecule has 6 heteroatoms. The van der Waals surface area contributed by atoms with E-state index in [0.29, 0.717) is 3.57 Å². The summed E-state index contributed by atoms with van der Waals surface area (Å²) in [5, 5.41) is 8.70. The summed E-state index contributed by atoms with van der Waals surface area (Å²) in [5.74, 6) is -0.197. The standard InChI is InChI=1S/C8H5F2IN2O/c1-14-8-6(7(9)10)4(2-12)5(11)3-13-8/h3,7H,1H3. The lowest BCUT2D eigenvalue weighted by Gasteiger charge is -2.08. The van der Waals surface area contributed by atoms with E-state index in [1.165, 1.54) is 13.3 Å². The first-order valence-electron chi connectivity index (χ1n) is 3.52. The molecule has 14 heavy (non-hydrogen) atoms. The first kappa shape index (κ1) is 11.1. The maximum absolute atomic E-state index is 12.6. The van der Waals surface area contributed by atoms with Crippen molar-refractivity contribution in [2.45, 2.75) is 6.43 Å². The molecule has 0 aliphatic rings. The number of ether oxygens (including phenoxy) is 1. The molecule has 0 amide bonds. The molecule has 0 N–H and O–H groups in total. The van der Waals surface area contributed by atoms with E-state index in [1.54, 1.807) is 28.7 Å². The van der Waals surface area contributed by atoms with Gasteiger partial charge in [0.15, 0.2) is 0 Å². The third kappa shape index (κ3) is 1.92. The second-order valence-electron chi connectivity index (χ2n) is 2.32. The SMILES string of the molecule is COc1ncc(I)c(C#N)c1C(F)F. The van der Waals surface area contributed by atoms with E-state index in [-0.39, 0.29) is 11.4 Å². The van der Waals surface area contributed by atoms with Gasteiger partial charge in [-0.3, -0.25) is 0 Å². The van der Waals surface area contributed by atoms with Crippen molar-refractivity contribution in [1.29, 1.82) is 5.26 Å². The van der Waals surface area contributed by atoms with Crippen LogP contribution in [0.25, 0.3) is 0 Å². The minimum atomic E-state index is -2.76. The van der Waals surface area contributed by atoms with Crippen molar-refractivity contribution in [3.8, 4) is 11.9 Å². The van der Waals surface area contributed by atoms with Crippen LogP contribution in [0.5, 0.6) is 5.88 Å². The van der Waals surface area contributed by atoms with Crippen molar-refractivity contribution in [1.82, 2.24) is 4.98 Å². The summed E-state index contributed by atoms with van der Waals surface area (Å²) in [6, 6.07) is 1.71. The number of methoxy groups -OCH3 is 1. The number of pyridine rings is 1. The summed E-state index contributed by atoms with van der Waals surface area (Å²) in [6.07, 6.45) is -1.44. The number of halogens is 3. The molecule has 0 bridgehead atoms. The zero-order valence-corrected chi connectivity index (χ0v) is 9.25. The number of nitrogens with zero attached hydrogens (tertiary/aromatic N) is 2. The number of hydrogen-bond acceptors (Lipinski definition) is 3. The maximum Gasteiger partial charge on any atom is 0.270 e. The molecule has 74 valence electrons. The zero-order chi connectivity index (χ0) is 10.7. The molecule has 0 fully saturated rings. The molecular formula is C8H5F2IN2O. The largest absolute Gasteiger partial charge is 0.481 e. The Labute approximate surface area is 92.8 Å². The van der Waals surface area contributed by atoms with Crippen LogP contribution in [0.3, 0.4) is 0 Å². The van der Waals surface area contributed by atoms with Crippen LogP contribution in [0.15, 0.2) is 6.20 Å². The molecule has 0 radical (unpaired) electrons. The van der Waals surface area contributed by atoms with Crippen LogP contribution in [-0.2, 0) is 0 Å². The number of nitriles is 1. The normalized spacial score (nSPS) is 10.0. The van der Waals surface area contributed by atoms with E-state index in [9.17, 15) is 8.78 Å². The number of aromatic nitrogens is 1. The summed E-state index contributed by atoms with van der Waals surface area (Å²) in [6.45, 7) is 0. The molecule has 0 saturated heterocycles. The van der Waals surface area contributed by atoms with Gasteiger partial charge in [0, 0.05) is 9.77 Å². The monoisotopic (exact) mass is 310 g/mol. The van der Waals surface area contributed by atoms with E-state index >= 15 is 0 Å². The summed E-state index contributed by atoms with van der Waals surface area (Å²) in [7, 11) is 1.24. The fraction of sp³-hybridized carbons (Fsp3) is 0.250. The van der Waals surface area contributed by atoms with Gasteiger partial charge in [0.05, 0.1) is 18.2 Å². The predicted molar refractivity (Wildman–Crippen MR) is 53.2 cm³/mol. The lowest BCUT2D eigenvalue weighted by Crippen LogP contribution is -2.01. The molecule has 0 unspecified atom stereocenters. The van der Waals surface area contributed by atoms with Crippen molar-refractivity contribution in [3.05, 3.63) is 20.9 Å². The molecule has 0 saturated carbocycles. The van der Waals surface area contributed by atoms with E-state index in [2.05, 4.69) is 9.72 Å². The van der Waals surface area contributed by atoms with Gasteiger partial charge in [-0.25, -0.2) is 13.8 Å². The van der Waals surface area contributed by atoms with Gasteiger partial charge in [-0.05, 0) is 22.6 Å². The Morgan fingerprint density at radius 2 is 2.29 bits per heavy atom. The number of rotatable bonds is 2. The summed E-state index contributed by atoms with van der Waals surface area (Å²) >= 11 is 1.78. The fourth-order valence-corrected chi connectivity index (χ4v) is 1.51. The minimum Gasteiger partial charge on any atom is -0.481 e. The highest BCUT2D eigenvalue weighted by molar-refractivity contribution is 14.1. The molecule has 1 aromatic rings. The Hall–Kier alpha value is -0.970. The van der Waals surface area contributed by atoms with Crippen LogP contribution in [0.2, 0.25) is 0 Å². The molecule has 0 aliphatic carbocycles. The smallest absolute Gasteiger partial charge is 0.270 e. The van der Waals surface area contributed by atoms with Crippen molar-refractivity contribution in [2.75, 3.05) is 7.11 Å². The Kier molecular flexibility index (Phi) is 3.57. The van der Waals surface area contributed by atoms with Gasteiger partial charge in [0.25, 0.3) is 6.43 Å². The van der Waals surface area contributed by atoms with E-state index < -0.39 is 12.0 Å². The maximum atomic E-state index is 12.6. The average molecular weight is 310 g/mol. The second-order valence-corrected chi connectivity index (χ2v) is 3.48. The van der Waals surface area contributed by atoms with Crippen LogP contribution in [0.4, 0.5) is 8.78 Å². The third-order valence-electron chi connectivity index (χ3n) is 1.56. The summed E-state index contributed by atoms with van der Waals surface area (Å²) < 4.78 is 30.2. The average Bonchev–Trinajstić information content (AvgIpc) is 2.17. The molecule has 1 heterocycles. The van der Waals surface area contributed by atoms with E-state index in [1.807, 2.05) is 0 Å². The van der Waals surface area contributed by atoms with Crippen molar-refractivity contribution in [2.24, 2.45) is 0 Å². The topological polar surface area (TPSA) is 45.9 Å². The van der Waals surface area contributed by atoms with E-state index in [4.69, 9.17) is 5.26 Å². The Bertz CT molecular complexity index is 390. The first-order valence-corrected chi connectivity index (χ1v) is 4.60. The zero-order valence-electron chi connectivity index (χ0n) is 7.09. The Balaban J connectivity index is 3.46. The molecular weight excluding hydrogens is 305 g/mol. The van der Waals surface area contributed by atoms with E-state index in [0.717, 1.165) is 0 Å². The van der Waals surface area contributed by atoms with Crippen molar-refractivity contribution < 1.29 is 13.5 Å². The highest BCUT2D eigenvalue weighted by Crippen LogP contribution is 2.32. The second kappa shape index (κ2) is 4.50. The van der Waals surface area contributed by atoms with Gasteiger partial charge in [-0.15, -0.1) is 0 Å². The lowest BCUT2D eigenvalue weighted by atomic mass is 10.1. The van der Waals surface area contributed by atoms with Gasteiger partial charge < -0.3 is 4.74 Å². The number of hydrogen-bond donors (Lipinski definition) is 0. The summed E-state index contributed by atoms with van der Waals surface area (Å²) in [4.78, 5) is 3.67. The highest BCUT2D eigenvalue weighted by atomic mass is 127. The molecule has 3 nitrogen and oxygen atoms in total. The van der Waals surface area contributed by atoms with Crippen LogP contribution in [0.1, 0.15) is 17.6 Å². The molecule has 0 atom stereocenters. The fourth-order valence-electron chi connectivity index (χ4n) is 0.964. The lowest BCUT2D eigenvalue weighted by molar-refractivity contribution is 0.145. The van der Waals surface area contributed by atoms with Crippen LogP contribution >= 0.6 is 22.6 Å². The van der Waals surface area contributed by atoms with Gasteiger partial charge in [-0.1, -0.05) is 0 Å². The molecule has 0 aliphatic heterocycles. The predicted octanol–water partition coefficient (Wildman–Crippen LogP) is 2.50. The van der Waals surface area contributed by atoms with Gasteiger partial charge in [0.1, 0.15) is 6.07 Å². The summed E-state index contributed by atoms with van der Waals surface area (Å²) in [5.41, 5.74) is -0.519. The molecule has 0 spiro atoms. The van der Waals surface area contributed by atoms with Crippen molar-refractivity contribution >= 4 is 22.6 Å².